The summed E-state index contributed by atoms with van der Waals surface area (Å²) in [4.78, 5) is 25.3. The van der Waals surface area contributed by atoms with Crippen molar-refractivity contribution in [3.8, 4) is 0 Å². The van der Waals surface area contributed by atoms with Crippen molar-refractivity contribution in [3.63, 3.8) is 0 Å². The Morgan fingerprint density at radius 3 is 2.78 bits per heavy atom. The molecule has 1 N–H and O–H groups in total. The molecular weight excluding hydrogens is 294 g/mol. The summed E-state index contributed by atoms with van der Waals surface area (Å²) >= 11 is 0. The summed E-state index contributed by atoms with van der Waals surface area (Å²) in [5, 5.41) is 9.25. The van der Waals surface area contributed by atoms with Crippen LogP contribution in [0.3, 0.4) is 0 Å². The third-order valence-corrected chi connectivity index (χ3v) is 5.26. The molecule has 1 heterocycles. The molecule has 124 valence electrons. The van der Waals surface area contributed by atoms with Crippen molar-refractivity contribution in [1.29, 1.82) is 0 Å². The van der Waals surface area contributed by atoms with Gasteiger partial charge in [0.15, 0.2) is 0 Å². The molecule has 0 bridgehead atoms. The first-order valence-corrected chi connectivity index (χ1v) is 8.26. The second-order valence-electron chi connectivity index (χ2n) is 6.80. The Morgan fingerprint density at radius 1 is 1.26 bits per heavy atom. The summed E-state index contributed by atoms with van der Waals surface area (Å²) < 4.78 is 5.41. The Labute approximate surface area is 136 Å². The van der Waals surface area contributed by atoms with E-state index in [1.54, 1.807) is 4.90 Å². The molecule has 1 aliphatic carbocycles. The third-order valence-electron chi connectivity index (χ3n) is 5.26. The highest BCUT2D eigenvalue weighted by Gasteiger charge is 2.50. The molecule has 1 saturated carbocycles. The lowest BCUT2D eigenvalue weighted by atomic mass is 9.66. The van der Waals surface area contributed by atoms with Crippen LogP contribution in [-0.4, -0.2) is 35.2 Å². The van der Waals surface area contributed by atoms with Crippen LogP contribution in [0.15, 0.2) is 30.3 Å². The van der Waals surface area contributed by atoms with Gasteiger partial charge < -0.3 is 14.7 Å². The number of nitrogens with zero attached hydrogens (tertiary/aromatic N) is 1. The van der Waals surface area contributed by atoms with Crippen LogP contribution in [-0.2, 0) is 16.1 Å². The van der Waals surface area contributed by atoms with Crippen LogP contribution in [0.25, 0.3) is 0 Å². The number of amides is 1. The summed E-state index contributed by atoms with van der Waals surface area (Å²) in [5.74, 6) is -0.479. The van der Waals surface area contributed by atoms with E-state index < -0.39 is 5.97 Å². The van der Waals surface area contributed by atoms with Gasteiger partial charge in [-0.25, -0.2) is 4.79 Å². The molecule has 2 fully saturated rings. The standard InChI is InChI=1S/C18H23NO4/c20-16(21)10-18-9-5-4-8-15(18)11-19(13-18)17(22)23-12-14-6-2-1-3-7-14/h1-3,6-7,15H,4-5,8-13H2,(H,20,21)/t15-,18-/m0/s1. The predicted molar refractivity (Wildman–Crippen MR) is 84.8 cm³/mol. The van der Waals surface area contributed by atoms with E-state index in [9.17, 15) is 14.7 Å². The Bertz CT molecular complexity index is 574. The zero-order valence-electron chi connectivity index (χ0n) is 13.2. The van der Waals surface area contributed by atoms with Crippen LogP contribution in [0.2, 0.25) is 0 Å². The van der Waals surface area contributed by atoms with Gasteiger partial charge in [-0.2, -0.15) is 0 Å². The van der Waals surface area contributed by atoms with Gasteiger partial charge in [-0.05, 0) is 24.3 Å². The smallest absolute Gasteiger partial charge is 0.410 e. The number of hydrogen-bond donors (Lipinski definition) is 1. The fourth-order valence-electron chi connectivity index (χ4n) is 4.12. The molecule has 2 atom stereocenters. The number of likely N-dealkylation sites (tertiary alicyclic amines) is 1. The molecule has 1 amide bonds. The van der Waals surface area contributed by atoms with Gasteiger partial charge in [-0.3, -0.25) is 4.79 Å². The molecule has 1 saturated heterocycles. The average Bonchev–Trinajstić information content (AvgIpc) is 2.92. The SMILES string of the molecule is O=C(O)C[C@]12CCCC[C@H]1CN(C(=O)OCc1ccccc1)C2. The van der Waals surface area contributed by atoms with Crippen LogP contribution in [0.5, 0.6) is 0 Å². The molecule has 5 heteroatoms. The summed E-state index contributed by atoms with van der Waals surface area (Å²) in [6.45, 7) is 1.39. The lowest BCUT2D eigenvalue weighted by molar-refractivity contribution is -0.140. The monoisotopic (exact) mass is 317 g/mol. The lowest BCUT2D eigenvalue weighted by Crippen LogP contribution is -2.36. The first-order valence-electron chi connectivity index (χ1n) is 8.26. The van der Waals surface area contributed by atoms with Gasteiger partial charge in [-0.1, -0.05) is 43.2 Å². The minimum atomic E-state index is -0.767. The van der Waals surface area contributed by atoms with Crippen molar-refractivity contribution in [3.05, 3.63) is 35.9 Å². The molecule has 1 aromatic rings. The van der Waals surface area contributed by atoms with E-state index in [-0.39, 0.29) is 30.5 Å². The molecule has 1 aliphatic heterocycles. The van der Waals surface area contributed by atoms with Gasteiger partial charge in [-0.15, -0.1) is 0 Å². The van der Waals surface area contributed by atoms with Crippen molar-refractivity contribution >= 4 is 12.1 Å². The first-order chi connectivity index (χ1) is 11.1. The van der Waals surface area contributed by atoms with Crippen molar-refractivity contribution in [1.82, 2.24) is 4.90 Å². The zero-order valence-corrected chi connectivity index (χ0v) is 13.2. The highest BCUT2D eigenvalue weighted by atomic mass is 16.6. The first kappa shape index (κ1) is 15.8. The highest BCUT2D eigenvalue weighted by molar-refractivity contribution is 5.70. The van der Waals surface area contributed by atoms with Gasteiger partial charge in [0.25, 0.3) is 0 Å². The predicted octanol–water partition coefficient (Wildman–Crippen LogP) is 3.29. The fraction of sp³-hybridized carbons (Fsp3) is 0.556. The number of rotatable bonds is 4. The average molecular weight is 317 g/mol. The fourth-order valence-corrected chi connectivity index (χ4v) is 4.12. The van der Waals surface area contributed by atoms with Gasteiger partial charge in [0.1, 0.15) is 6.61 Å². The topological polar surface area (TPSA) is 66.8 Å². The molecule has 0 unspecified atom stereocenters. The van der Waals surface area contributed by atoms with E-state index in [1.165, 1.54) is 0 Å². The number of hydrogen-bond acceptors (Lipinski definition) is 3. The number of aliphatic carboxylic acids is 1. The molecule has 0 spiro atoms. The number of fused-ring (bicyclic) bond motifs is 1. The van der Waals surface area contributed by atoms with E-state index >= 15 is 0 Å². The molecule has 5 nitrogen and oxygen atoms in total. The van der Waals surface area contributed by atoms with Gasteiger partial charge >= 0.3 is 12.1 Å². The summed E-state index contributed by atoms with van der Waals surface area (Å²) in [6.07, 6.45) is 3.91. The maximum Gasteiger partial charge on any atom is 0.410 e. The second-order valence-corrected chi connectivity index (χ2v) is 6.80. The number of carboxylic acids is 1. The van der Waals surface area contributed by atoms with Crippen molar-refractivity contribution in [2.75, 3.05) is 13.1 Å². The van der Waals surface area contributed by atoms with Crippen LogP contribution >= 0.6 is 0 Å². The number of ether oxygens (including phenoxy) is 1. The second kappa shape index (κ2) is 6.60. The summed E-state index contributed by atoms with van der Waals surface area (Å²) in [5.41, 5.74) is 0.702. The van der Waals surface area contributed by atoms with E-state index in [0.29, 0.717) is 13.1 Å². The van der Waals surface area contributed by atoms with E-state index in [2.05, 4.69) is 0 Å². The largest absolute Gasteiger partial charge is 0.481 e. The molecule has 23 heavy (non-hydrogen) atoms. The van der Waals surface area contributed by atoms with E-state index in [1.807, 2.05) is 30.3 Å². The molecule has 0 aromatic heterocycles. The van der Waals surface area contributed by atoms with Gasteiger partial charge in [0.2, 0.25) is 0 Å². The quantitative estimate of drug-likeness (QED) is 0.925. The zero-order chi connectivity index (χ0) is 16.3. The summed E-state index contributed by atoms with van der Waals surface area (Å²) in [7, 11) is 0. The van der Waals surface area contributed by atoms with Gasteiger partial charge in [0.05, 0.1) is 6.42 Å². The third kappa shape index (κ3) is 3.49. The Balaban J connectivity index is 1.62. The number of carbonyl (C=O) groups excluding carboxylic acids is 1. The van der Waals surface area contributed by atoms with Crippen LogP contribution < -0.4 is 0 Å². The highest BCUT2D eigenvalue weighted by Crippen LogP contribution is 2.49. The number of benzene rings is 1. The van der Waals surface area contributed by atoms with Crippen LogP contribution in [0.1, 0.15) is 37.7 Å². The molecule has 1 aromatic carbocycles. The van der Waals surface area contributed by atoms with Crippen molar-refractivity contribution in [2.45, 2.75) is 38.7 Å². The lowest BCUT2D eigenvalue weighted by Gasteiger charge is -2.37. The van der Waals surface area contributed by atoms with Crippen molar-refractivity contribution in [2.24, 2.45) is 11.3 Å². The summed E-state index contributed by atoms with van der Waals surface area (Å²) in [6, 6.07) is 9.59. The van der Waals surface area contributed by atoms with Gasteiger partial charge in [0, 0.05) is 18.5 Å². The van der Waals surface area contributed by atoms with Crippen LogP contribution in [0, 0.1) is 11.3 Å². The van der Waals surface area contributed by atoms with Crippen LogP contribution in [0.4, 0.5) is 4.79 Å². The minimum Gasteiger partial charge on any atom is -0.481 e. The Kier molecular flexibility index (Phi) is 4.55. The molecule has 2 aliphatic rings. The Morgan fingerprint density at radius 2 is 2.04 bits per heavy atom. The number of carbonyl (C=O) groups is 2. The Hall–Kier alpha value is -2.04. The molecular formula is C18H23NO4. The normalized spacial score (nSPS) is 26.6. The minimum absolute atomic E-state index is 0.153. The molecule has 0 radical (unpaired) electrons. The maximum absolute atomic E-state index is 12.3. The number of carboxylic acid groups (broad SMARTS) is 1. The van der Waals surface area contributed by atoms with E-state index in [0.717, 1.165) is 31.2 Å². The van der Waals surface area contributed by atoms with E-state index in [4.69, 9.17) is 4.74 Å². The maximum atomic E-state index is 12.3. The molecule has 3 rings (SSSR count). The van der Waals surface area contributed by atoms with Crippen molar-refractivity contribution < 1.29 is 19.4 Å².